The molecule has 0 aliphatic rings. The van der Waals surface area contributed by atoms with E-state index in [0.717, 1.165) is 27.8 Å². The molecule has 1 atom stereocenters. The van der Waals surface area contributed by atoms with Crippen molar-refractivity contribution in [3.05, 3.63) is 108 Å². The second kappa shape index (κ2) is 8.86. The Kier molecular flexibility index (Phi) is 5.83. The average Bonchev–Trinajstić information content (AvgIpc) is 2.80. The van der Waals surface area contributed by atoms with Gasteiger partial charge >= 0.3 is 0 Å². The van der Waals surface area contributed by atoms with E-state index >= 15 is 0 Å². The molecular weight excluding hydrogens is 388 g/mol. The highest BCUT2D eigenvalue weighted by Crippen LogP contribution is 2.32. The van der Waals surface area contributed by atoms with Crippen molar-refractivity contribution >= 4 is 10.8 Å². The van der Waals surface area contributed by atoms with Gasteiger partial charge in [0.2, 0.25) is 0 Å². The second-order valence-corrected chi connectivity index (χ2v) is 8.42. The Bertz CT molecular complexity index is 1230. The first-order chi connectivity index (χ1) is 14.7. The number of benzene rings is 3. The first kappa shape index (κ1) is 19.8. The van der Waals surface area contributed by atoms with Crippen LogP contribution in [0.1, 0.15) is 16.7 Å². The SMILES string of the molecule is Cc1ccc(-c2cc(-c3ccccc3)c(C#N)c(S(=O)Cc3ccccc3)n2)cc1. The Morgan fingerprint density at radius 1 is 0.867 bits per heavy atom. The van der Waals surface area contributed by atoms with Gasteiger partial charge in [0, 0.05) is 11.1 Å². The van der Waals surface area contributed by atoms with E-state index in [0.29, 0.717) is 22.0 Å². The van der Waals surface area contributed by atoms with Crippen LogP contribution in [-0.4, -0.2) is 9.19 Å². The van der Waals surface area contributed by atoms with Crippen LogP contribution >= 0.6 is 0 Å². The fourth-order valence-electron chi connectivity index (χ4n) is 3.31. The van der Waals surface area contributed by atoms with Crippen LogP contribution in [0.15, 0.2) is 96.0 Å². The normalized spacial score (nSPS) is 11.6. The van der Waals surface area contributed by atoms with Gasteiger partial charge in [0.1, 0.15) is 11.1 Å². The van der Waals surface area contributed by atoms with E-state index in [-0.39, 0.29) is 0 Å². The minimum Gasteiger partial charge on any atom is -0.252 e. The number of hydrogen-bond acceptors (Lipinski definition) is 3. The lowest BCUT2D eigenvalue weighted by Crippen LogP contribution is -2.05. The maximum absolute atomic E-state index is 13.3. The molecule has 4 aromatic rings. The van der Waals surface area contributed by atoms with Crippen LogP contribution in [0.3, 0.4) is 0 Å². The molecule has 0 saturated heterocycles. The molecule has 3 aromatic carbocycles. The zero-order chi connectivity index (χ0) is 20.9. The summed E-state index contributed by atoms with van der Waals surface area (Å²) in [6.07, 6.45) is 0. The molecule has 0 saturated carbocycles. The maximum Gasteiger partial charge on any atom is 0.146 e. The van der Waals surface area contributed by atoms with Gasteiger partial charge < -0.3 is 0 Å². The first-order valence-corrected chi connectivity index (χ1v) is 11.0. The number of nitrogens with zero attached hydrogens (tertiary/aromatic N) is 2. The molecule has 1 heterocycles. The van der Waals surface area contributed by atoms with Crippen LogP contribution in [-0.2, 0) is 16.6 Å². The summed E-state index contributed by atoms with van der Waals surface area (Å²) < 4.78 is 13.3. The number of nitriles is 1. The number of pyridine rings is 1. The van der Waals surface area contributed by atoms with E-state index in [2.05, 4.69) is 6.07 Å². The number of hydrogen-bond donors (Lipinski definition) is 0. The van der Waals surface area contributed by atoms with Crippen molar-refractivity contribution in [3.8, 4) is 28.5 Å². The summed E-state index contributed by atoms with van der Waals surface area (Å²) in [6, 6.07) is 31.6. The van der Waals surface area contributed by atoms with E-state index in [4.69, 9.17) is 4.98 Å². The highest BCUT2D eigenvalue weighted by Gasteiger charge is 2.20. The maximum atomic E-state index is 13.3. The first-order valence-electron chi connectivity index (χ1n) is 9.65. The summed E-state index contributed by atoms with van der Waals surface area (Å²) in [5, 5.41) is 10.3. The minimum absolute atomic E-state index is 0.314. The summed E-state index contributed by atoms with van der Waals surface area (Å²) >= 11 is 0. The predicted molar refractivity (Wildman–Crippen MR) is 121 cm³/mol. The van der Waals surface area contributed by atoms with Crippen LogP contribution in [0.4, 0.5) is 0 Å². The van der Waals surface area contributed by atoms with Gasteiger partial charge in [-0.1, -0.05) is 90.5 Å². The molecule has 4 rings (SSSR count). The number of aromatic nitrogens is 1. The van der Waals surface area contributed by atoms with Gasteiger partial charge in [0.15, 0.2) is 0 Å². The second-order valence-electron chi connectivity index (χ2n) is 7.05. The van der Waals surface area contributed by atoms with Gasteiger partial charge in [-0.25, -0.2) is 4.98 Å². The van der Waals surface area contributed by atoms with Crippen molar-refractivity contribution < 1.29 is 4.21 Å². The average molecular weight is 409 g/mol. The Morgan fingerprint density at radius 2 is 1.50 bits per heavy atom. The molecule has 30 heavy (non-hydrogen) atoms. The van der Waals surface area contributed by atoms with E-state index in [1.165, 1.54) is 0 Å². The lowest BCUT2D eigenvalue weighted by atomic mass is 9.99. The predicted octanol–water partition coefficient (Wildman–Crippen LogP) is 5.90. The molecule has 0 radical (unpaired) electrons. The molecular formula is C26H20N2OS. The summed E-state index contributed by atoms with van der Waals surface area (Å²) in [7, 11) is -1.45. The Balaban J connectivity index is 1.89. The molecule has 0 fully saturated rings. The molecule has 146 valence electrons. The topological polar surface area (TPSA) is 53.8 Å². The van der Waals surface area contributed by atoms with Crippen molar-refractivity contribution in [1.29, 1.82) is 5.26 Å². The van der Waals surface area contributed by atoms with E-state index in [1.54, 1.807) is 0 Å². The quantitative estimate of drug-likeness (QED) is 0.413. The zero-order valence-electron chi connectivity index (χ0n) is 16.6. The van der Waals surface area contributed by atoms with Crippen LogP contribution in [0.2, 0.25) is 0 Å². The summed E-state index contributed by atoms with van der Waals surface area (Å²) in [5.74, 6) is 0.314. The van der Waals surface area contributed by atoms with Crippen molar-refractivity contribution in [3.63, 3.8) is 0 Å². The van der Waals surface area contributed by atoms with Crippen LogP contribution < -0.4 is 0 Å². The van der Waals surface area contributed by atoms with Gasteiger partial charge in [-0.2, -0.15) is 5.26 Å². The summed E-state index contributed by atoms with van der Waals surface area (Å²) in [5.41, 5.74) is 5.77. The monoisotopic (exact) mass is 408 g/mol. The van der Waals surface area contributed by atoms with Gasteiger partial charge in [-0.05, 0) is 24.1 Å². The van der Waals surface area contributed by atoms with Gasteiger partial charge in [0.05, 0.1) is 27.8 Å². The molecule has 0 amide bonds. The molecule has 0 bridgehead atoms. The van der Waals surface area contributed by atoms with Crippen LogP contribution in [0.5, 0.6) is 0 Å². The third kappa shape index (κ3) is 4.22. The van der Waals surface area contributed by atoms with Gasteiger partial charge in [-0.3, -0.25) is 4.21 Å². The molecule has 1 aromatic heterocycles. The van der Waals surface area contributed by atoms with Crippen molar-refractivity contribution in [2.24, 2.45) is 0 Å². The van der Waals surface area contributed by atoms with Crippen molar-refractivity contribution in [1.82, 2.24) is 4.98 Å². The number of rotatable bonds is 5. The van der Waals surface area contributed by atoms with Crippen LogP contribution in [0.25, 0.3) is 22.4 Å². The molecule has 0 N–H and O–H groups in total. The van der Waals surface area contributed by atoms with Gasteiger partial charge in [-0.15, -0.1) is 0 Å². The van der Waals surface area contributed by atoms with E-state index in [9.17, 15) is 9.47 Å². The fourth-order valence-corrected chi connectivity index (χ4v) is 4.52. The number of aryl methyl sites for hydroxylation is 1. The van der Waals surface area contributed by atoms with E-state index in [1.807, 2.05) is 97.9 Å². The largest absolute Gasteiger partial charge is 0.252 e. The molecule has 1 unspecified atom stereocenters. The zero-order valence-corrected chi connectivity index (χ0v) is 17.4. The smallest absolute Gasteiger partial charge is 0.146 e. The van der Waals surface area contributed by atoms with Crippen molar-refractivity contribution in [2.45, 2.75) is 17.7 Å². The summed E-state index contributed by atoms with van der Waals surface area (Å²) in [6.45, 7) is 2.03. The Hall–Kier alpha value is -3.55. The lowest BCUT2D eigenvalue weighted by molar-refractivity contribution is 0.679. The minimum atomic E-state index is -1.45. The van der Waals surface area contributed by atoms with Gasteiger partial charge in [0.25, 0.3) is 0 Å². The van der Waals surface area contributed by atoms with Crippen LogP contribution in [0, 0.1) is 18.3 Å². The highest BCUT2D eigenvalue weighted by atomic mass is 32.2. The molecule has 3 nitrogen and oxygen atoms in total. The Morgan fingerprint density at radius 3 is 2.13 bits per heavy atom. The summed E-state index contributed by atoms with van der Waals surface area (Å²) in [4.78, 5) is 4.70. The third-order valence-corrected chi connectivity index (χ3v) is 6.21. The third-order valence-electron chi connectivity index (χ3n) is 4.89. The highest BCUT2D eigenvalue weighted by molar-refractivity contribution is 7.84. The Labute approximate surface area is 179 Å². The molecule has 0 aliphatic heterocycles. The standard InChI is InChI=1S/C26H20N2OS/c1-19-12-14-22(15-13-19)25-16-23(21-10-6-3-7-11-21)24(17-27)26(28-25)30(29)18-20-8-4-2-5-9-20/h2-16H,18H2,1H3. The van der Waals surface area contributed by atoms with E-state index < -0.39 is 10.8 Å². The molecule has 0 aliphatic carbocycles. The lowest BCUT2D eigenvalue weighted by Gasteiger charge is -2.13. The molecule has 0 spiro atoms. The molecule has 4 heteroatoms. The van der Waals surface area contributed by atoms with Crippen molar-refractivity contribution in [2.75, 3.05) is 0 Å². The fraction of sp³-hybridized carbons (Fsp3) is 0.0769.